The Morgan fingerprint density at radius 2 is 1.93 bits per heavy atom. The Labute approximate surface area is 168 Å². The van der Waals surface area contributed by atoms with Crippen LogP contribution in [0.1, 0.15) is 17.5 Å². The number of urea groups is 1. The number of aromatic hydroxyl groups is 1. The maximum Gasteiger partial charge on any atom is 0.314 e. The maximum absolute atomic E-state index is 11.4. The highest BCUT2D eigenvalue weighted by Gasteiger charge is 2.29. The lowest BCUT2D eigenvalue weighted by Crippen LogP contribution is -2.51. The fraction of sp³-hybridized carbons (Fsp3) is 0.350. The summed E-state index contributed by atoms with van der Waals surface area (Å²) in [6.07, 6.45) is -0.317. The molecular weight excluding hydrogens is 372 g/mol. The van der Waals surface area contributed by atoms with Gasteiger partial charge in [0.15, 0.2) is 5.65 Å². The molecule has 0 radical (unpaired) electrons. The van der Waals surface area contributed by atoms with E-state index in [1.165, 1.54) is 0 Å². The number of phenolic OH excluding ortho intramolecular Hbond substituents is 1. The lowest BCUT2D eigenvalue weighted by molar-refractivity contribution is -0.0502. The Hall–Kier alpha value is -3.17. The van der Waals surface area contributed by atoms with E-state index in [2.05, 4.69) is 20.1 Å². The summed E-state index contributed by atoms with van der Waals surface area (Å²) in [7, 11) is 1.67. The number of benzene rings is 1. The number of phenols is 1. The normalized spacial score (nSPS) is 16.3. The Morgan fingerprint density at radius 1 is 1.24 bits per heavy atom. The van der Waals surface area contributed by atoms with Crippen LogP contribution in [0.15, 0.2) is 30.3 Å². The molecule has 0 aliphatic carbocycles. The number of fused-ring (bicyclic) bond motifs is 1. The predicted molar refractivity (Wildman–Crippen MR) is 108 cm³/mol. The standard InChI is InChI=1S/C20H24N6O3/c1-12-17-15(19(29-2)25-7-9-26(10-8-25)20(21)28)11-16(22-18(17)24-23-12)13-3-5-14(27)6-4-13/h3-6,11,19,27H,7-10H2,1-2H3,(H2,21,28)(H,22,23,24). The largest absolute Gasteiger partial charge is 0.508 e. The monoisotopic (exact) mass is 396 g/mol. The Balaban J connectivity index is 1.75. The van der Waals surface area contributed by atoms with Gasteiger partial charge in [-0.2, -0.15) is 5.10 Å². The number of primary amides is 1. The lowest BCUT2D eigenvalue weighted by atomic mass is 10.0. The van der Waals surface area contributed by atoms with Crippen molar-refractivity contribution in [3.05, 3.63) is 41.6 Å². The fourth-order valence-electron chi connectivity index (χ4n) is 3.83. The first-order chi connectivity index (χ1) is 14.0. The number of aromatic amines is 1. The number of hydrogen-bond acceptors (Lipinski definition) is 6. The van der Waals surface area contributed by atoms with Gasteiger partial charge in [-0.15, -0.1) is 0 Å². The van der Waals surface area contributed by atoms with Gasteiger partial charge < -0.3 is 20.5 Å². The van der Waals surface area contributed by atoms with E-state index in [1.807, 2.05) is 25.1 Å². The summed E-state index contributed by atoms with van der Waals surface area (Å²) in [6.45, 7) is 4.36. The third-order valence-corrected chi connectivity index (χ3v) is 5.35. The SMILES string of the molecule is COC(c1cc(-c2ccc(O)cc2)nc2n[nH]c(C)c12)N1CCN(C(N)=O)CC1. The molecule has 9 nitrogen and oxygen atoms in total. The van der Waals surface area contributed by atoms with E-state index in [1.54, 1.807) is 24.1 Å². The number of nitrogens with zero attached hydrogens (tertiary/aromatic N) is 4. The summed E-state index contributed by atoms with van der Waals surface area (Å²) in [4.78, 5) is 19.9. The fourth-order valence-corrected chi connectivity index (χ4v) is 3.83. The molecule has 0 spiro atoms. The number of ether oxygens (including phenoxy) is 1. The van der Waals surface area contributed by atoms with Crippen molar-refractivity contribution in [1.29, 1.82) is 0 Å². The van der Waals surface area contributed by atoms with Crippen LogP contribution in [-0.4, -0.2) is 69.4 Å². The molecule has 3 aromatic rings. The lowest BCUT2D eigenvalue weighted by Gasteiger charge is -2.38. The zero-order valence-corrected chi connectivity index (χ0v) is 16.4. The molecule has 0 bridgehead atoms. The summed E-state index contributed by atoms with van der Waals surface area (Å²) < 4.78 is 5.90. The number of H-pyrrole nitrogens is 1. The quantitative estimate of drug-likeness (QED) is 0.620. The number of pyridine rings is 1. The predicted octanol–water partition coefficient (Wildman–Crippen LogP) is 1.98. The van der Waals surface area contributed by atoms with Crippen molar-refractivity contribution in [2.45, 2.75) is 13.2 Å². The molecular formula is C20H24N6O3. The van der Waals surface area contributed by atoms with E-state index in [9.17, 15) is 9.90 Å². The molecule has 0 saturated carbocycles. The number of aryl methyl sites for hydroxylation is 1. The number of piperazine rings is 1. The van der Waals surface area contributed by atoms with Crippen LogP contribution in [0.3, 0.4) is 0 Å². The van der Waals surface area contributed by atoms with E-state index < -0.39 is 6.03 Å². The summed E-state index contributed by atoms with van der Waals surface area (Å²) in [5.74, 6) is 0.202. The van der Waals surface area contributed by atoms with Gasteiger partial charge in [-0.1, -0.05) is 0 Å². The molecule has 1 aliphatic heterocycles. The van der Waals surface area contributed by atoms with Crippen LogP contribution < -0.4 is 5.73 Å². The van der Waals surface area contributed by atoms with Gasteiger partial charge in [0.2, 0.25) is 0 Å². The van der Waals surface area contributed by atoms with E-state index >= 15 is 0 Å². The molecule has 4 rings (SSSR count). The molecule has 9 heteroatoms. The minimum Gasteiger partial charge on any atom is -0.508 e. The van der Waals surface area contributed by atoms with Crippen molar-refractivity contribution >= 4 is 17.1 Å². The molecule has 1 unspecified atom stereocenters. The molecule has 1 aliphatic rings. The van der Waals surface area contributed by atoms with Gasteiger partial charge in [-0.3, -0.25) is 10.00 Å². The number of aromatic nitrogens is 3. The smallest absolute Gasteiger partial charge is 0.314 e. The Kier molecular flexibility index (Phi) is 5.08. The van der Waals surface area contributed by atoms with Gasteiger partial charge in [0.05, 0.1) is 5.69 Å². The summed E-state index contributed by atoms with van der Waals surface area (Å²) >= 11 is 0. The van der Waals surface area contributed by atoms with Crippen molar-refractivity contribution in [2.24, 2.45) is 5.73 Å². The maximum atomic E-state index is 11.4. The van der Waals surface area contributed by atoms with Crippen LogP contribution in [0.2, 0.25) is 0 Å². The van der Waals surface area contributed by atoms with Gasteiger partial charge in [-0.05, 0) is 37.3 Å². The van der Waals surface area contributed by atoms with Crippen molar-refractivity contribution in [3.8, 4) is 17.0 Å². The van der Waals surface area contributed by atoms with Crippen molar-refractivity contribution in [2.75, 3.05) is 33.3 Å². The Bertz CT molecular complexity index is 1020. The first kappa shape index (κ1) is 19.2. The molecule has 1 saturated heterocycles. The van der Waals surface area contributed by atoms with E-state index in [0.717, 1.165) is 27.9 Å². The van der Waals surface area contributed by atoms with Crippen molar-refractivity contribution in [3.63, 3.8) is 0 Å². The second-order valence-corrected chi connectivity index (χ2v) is 7.14. The Morgan fingerprint density at radius 3 is 2.55 bits per heavy atom. The van der Waals surface area contributed by atoms with E-state index in [0.29, 0.717) is 31.8 Å². The third-order valence-electron chi connectivity index (χ3n) is 5.35. The number of nitrogens with two attached hydrogens (primary N) is 1. The first-order valence-corrected chi connectivity index (χ1v) is 9.44. The summed E-state index contributed by atoms with van der Waals surface area (Å²) in [5.41, 5.74) is 9.51. The minimum atomic E-state index is -0.398. The number of carbonyl (C=O) groups is 1. The number of nitrogens with one attached hydrogen (secondary N) is 1. The van der Waals surface area contributed by atoms with Crippen LogP contribution >= 0.6 is 0 Å². The molecule has 1 atom stereocenters. The molecule has 2 amide bonds. The van der Waals surface area contributed by atoms with Gasteiger partial charge in [-0.25, -0.2) is 9.78 Å². The third kappa shape index (κ3) is 3.62. The zero-order valence-electron chi connectivity index (χ0n) is 16.4. The van der Waals surface area contributed by atoms with Crippen LogP contribution in [0, 0.1) is 6.92 Å². The number of carbonyl (C=O) groups excluding carboxylic acids is 1. The number of methoxy groups -OCH3 is 1. The second kappa shape index (κ2) is 7.69. The highest BCUT2D eigenvalue weighted by Crippen LogP contribution is 2.33. The molecule has 1 fully saturated rings. The average molecular weight is 396 g/mol. The molecule has 152 valence electrons. The summed E-state index contributed by atoms with van der Waals surface area (Å²) in [5, 5.41) is 17.9. The topological polar surface area (TPSA) is 121 Å². The summed E-state index contributed by atoms with van der Waals surface area (Å²) in [6, 6.07) is 8.51. The first-order valence-electron chi connectivity index (χ1n) is 9.44. The van der Waals surface area contributed by atoms with Gasteiger partial charge in [0.1, 0.15) is 12.0 Å². The van der Waals surface area contributed by atoms with Crippen molar-refractivity contribution in [1.82, 2.24) is 25.0 Å². The van der Waals surface area contributed by atoms with Crippen LogP contribution in [0.5, 0.6) is 5.75 Å². The van der Waals surface area contributed by atoms with E-state index in [-0.39, 0.29) is 12.0 Å². The minimum absolute atomic E-state index is 0.202. The number of rotatable bonds is 4. The van der Waals surface area contributed by atoms with Gasteiger partial charge in [0, 0.05) is 55.5 Å². The molecule has 1 aromatic carbocycles. The molecule has 3 heterocycles. The van der Waals surface area contributed by atoms with Crippen molar-refractivity contribution < 1.29 is 14.6 Å². The number of amides is 2. The molecule has 29 heavy (non-hydrogen) atoms. The van der Waals surface area contributed by atoms with Gasteiger partial charge >= 0.3 is 6.03 Å². The molecule has 4 N–H and O–H groups in total. The second-order valence-electron chi connectivity index (χ2n) is 7.14. The highest BCUT2D eigenvalue weighted by atomic mass is 16.5. The average Bonchev–Trinajstić information content (AvgIpc) is 3.10. The van der Waals surface area contributed by atoms with E-state index in [4.69, 9.17) is 10.5 Å². The number of hydrogen-bond donors (Lipinski definition) is 3. The van der Waals surface area contributed by atoms with Crippen LogP contribution in [0.25, 0.3) is 22.3 Å². The van der Waals surface area contributed by atoms with Gasteiger partial charge in [0.25, 0.3) is 0 Å². The molecule has 2 aromatic heterocycles. The van der Waals surface area contributed by atoms with Crippen LogP contribution in [-0.2, 0) is 4.74 Å². The van der Waals surface area contributed by atoms with Crippen LogP contribution in [0.4, 0.5) is 4.79 Å². The zero-order chi connectivity index (χ0) is 20.5. The highest BCUT2D eigenvalue weighted by molar-refractivity contribution is 5.85.